The third-order valence-corrected chi connectivity index (χ3v) is 5.05. The lowest BCUT2D eigenvalue weighted by atomic mass is 9.86. The van der Waals surface area contributed by atoms with Crippen molar-refractivity contribution in [1.29, 1.82) is 0 Å². The quantitative estimate of drug-likeness (QED) is 0.925. The highest BCUT2D eigenvalue weighted by molar-refractivity contribution is 5.49. The molecule has 1 saturated heterocycles. The number of aliphatic hydroxyl groups excluding tert-OH is 1. The van der Waals surface area contributed by atoms with Gasteiger partial charge in [-0.15, -0.1) is 0 Å². The number of anilines is 1. The van der Waals surface area contributed by atoms with Gasteiger partial charge in [0.1, 0.15) is 11.6 Å². The van der Waals surface area contributed by atoms with Crippen molar-refractivity contribution in [3.05, 3.63) is 41.3 Å². The van der Waals surface area contributed by atoms with Crippen LogP contribution in [0.15, 0.2) is 24.4 Å². The first kappa shape index (κ1) is 16.1. The van der Waals surface area contributed by atoms with E-state index in [9.17, 15) is 5.11 Å². The zero-order valence-electron chi connectivity index (χ0n) is 14.6. The third-order valence-electron chi connectivity index (χ3n) is 5.05. The Hall–Kier alpha value is -2.34. The molecular formula is C19H23N3O3. The average Bonchev–Trinajstić information content (AvgIpc) is 3.09. The number of hydrogen-bond donors (Lipinski definition) is 1. The summed E-state index contributed by atoms with van der Waals surface area (Å²) in [5.41, 5.74) is 2.23. The first-order valence-corrected chi connectivity index (χ1v) is 8.80. The van der Waals surface area contributed by atoms with Gasteiger partial charge in [-0.25, -0.2) is 9.97 Å². The fourth-order valence-electron chi connectivity index (χ4n) is 3.66. The molecule has 0 amide bonds. The molecule has 1 fully saturated rings. The number of aromatic nitrogens is 2. The minimum absolute atomic E-state index is 0.0961. The smallest absolute Gasteiger partial charge is 0.231 e. The molecule has 0 saturated carbocycles. The highest BCUT2D eigenvalue weighted by Gasteiger charge is 2.31. The number of nitrogens with zero attached hydrogens (tertiary/aromatic N) is 3. The van der Waals surface area contributed by atoms with E-state index in [1.807, 2.05) is 31.3 Å². The minimum Gasteiger partial charge on any atom is -0.454 e. The summed E-state index contributed by atoms with van der Waals surface area (Å²) >= 11 is 0. The maximum atomic E-state index is 10.8. The van der Waals surface area contributed by atoms with E-state index in [1.54, 1.807) is 0 Å². The number of hydrogen-bond acceptors (Lipinski definition) is 6. The normalized spacial score (nSPS) is 22.3. The number of aryl methyl sites for hydroxylation is 2. The molecule has 2 aliphatic heterocycles. The highest BCUT2D eigenvalue weighted by Crippen LogP contribution is 2.38. The van der Waals surface area contributed by atoms with Gasteiger partial charge >= 0.3 is 0 Å². The Bertz CT molecular complexity index is 781. The van der Waals surface area contributed by atoms with Crippen molar-refractivity contribution in [2.24, 2.45) is 0 Å². The molecule has 0 bridgehead atoms. The van der Waals surface area contributed by atoms with E-state index in [-0.39, 0.29) is 12.7 Å². The van der Waals surface area contributed by atoms with Gasteiger partial charge in [0.05, 0.1) is 6.10 Å². The Morgan fingerprint density at radius 3 is 2.92 bits per heavy atom. The Labute approximate surface area is 147 Å². The Morgan fingerprint density at radius 2 is 2.12 bits per heavy atom. The molecule has 132 valence electrons. The fourth-order valence-corrected chi connectivity index (χ4v) is 3.66. The summed E-state index contributed by atoms with van der Waals surface area (Å²) in [4.78, 5) is 11.1. The molecule has 0 spiro atoms. The van der Waals surface area contributed by atoms with Crippen molar-refractivity contribution >= 4 is 5.82 Å². The molecule has 6 nitrogen and oxygen atoms in total. The largest absolute Gasteiger partial charge is 0.454 e. The van der Waals surface area contributed by atoms with Gasteiger partial charge in [-0.3, -0.25) is 0 Å². The van der Waals surface area contributed by atoms with Crippen LogP contribution < -0.4 is 14.4 Å². The maximum absolute atomic E-state index is 10.8. The second-order valence-electron chi connectivity index (χ2n) is 6.64. The minimum atomic E-state index is -0.450. The van der Waals surface area contributed by atoms with Gasteiger partial charge in [-0.2, -0.15) is 0 Å². The molecule has 4 rings (SSSR count). The number of fused-ring (bicyclic) bond motifs is 1. The predicted octanol–water partition coefficient (Wildman–Crippen LogP) is 2.43. The molecule has 25 heavy (non-hydrogen) atoms. The summed E-state index contributed by atoms with van der Waals surface area (Å²) in [5.74, 6) is 3.36. The monoisotopic (exact) mass is 341 g/mol. The average molecular weight is 341 g/mol. The van der Waals surface area contributed by atoms with Crippen LogP contribution in [-0.4, -0.2) is 41.1 Å². The number of aliphatic hydroxyl groups is 1. The molecule has 3 heterocycles. The summed E-state index contributed by atoms with van der Waals surface area (Å²) in [7, 11) is 0. The van der Waals surface area contributed by atoms with Gasteiger partial charge in [-0.1, -0.05) is 13.0 Å². The Balaban J connectivity index is 1.54. The van der Waals surface area contributed by atoms with Crippen molar-refractivity contribution in [3.63, 3.8) is 0 Å². The zero-order chi connectivity index (χ0) is 17.4. The molecule has 6 heteroatoms. The molecule has 2 aliphatic rings. The summed E-state index contributed by atoms with van der Waals surface area (Å²) in [6.07, 6.45) is 3.20. The number of ether oxygens (including phenoxy) is 2. The van der Waals surface area contributed by atoms with Gasteiger partial charge in [0.25, 0.3) is 0 Å². The van der Waals surface area contributed by atoms with Crippen molar-refractivity contribution < 1.29 is 14.6 Å². The lowest BCUT2D eigenvalue weighted by Gasteiger charge is -2.37. The molecular weight excluding hydrogens is 318 g/mol. The van der Waals surface area contributed by atoms with Crippen LogP contribution in [0.3, 0.4) is 0 Å². The lowest BCUT2D eigenvalue weighted by Crippen LogP contribution is -2.43. The van der Waals surface area contributed by atoms with Crippen LogP contribution >= 0.6 is 0 Å². The van der Waals surface area contributed by atoms with E-state index in [1.165, 1.54) is 0 Å². The van der Waals surface area contributed by atoms with Gasteiger partial charge in [-0.05, 0) is 37.5 Å². The van der Waals surface area contributed by atoms with Gasteiger partial charge in [0, 0.05) is 30.8 Å². The van der Waals surface area contributed by atoms with Crippen LogP contribution in [0.4, 0.5) is 5.82 Å². The highest BCUT2D eigenvalue weighted by atomic mass is 16.7. The first-order chi connectivity index (χ1) is 12.2. The van der Waals surface area contributed by atoms with Crippen molar-refractivity contribution in [2.45, 2.75) is 38.7 Å². The van der Waals surface area contributed by atoms with Crippen molar-refractivity contribution in [1.82, 2.24) is 9.97 Å². The SMILES string of the molecule is CCc1cnc(C)nc1N1CC[C@@H](c2ccc3c(c2)OCO3)[C@H](O)C1. The van der Waals surface area contributed by atoms with E-state index in [4.69, 9.17) is 9.47 Å². The molecule has 1 aromatic carbocycles. The van der Waals surface area contributed by atoms with Crippen molar-refractivity contribution in [3.8, 4) is 11.5 Å². The van der Waals surface area contributed by atoms with Gasteiger partial charge in [0.15, 0.2) is 11.5 Å². The number of rotatable bonds is 3. The van der Waals surface area contributed by atoms with Crippen molar-refractivity contribution in [2.75, 3.05) is 24.8 Å². The second-order valence-corrected chi connectivity index (χ2v) is 6.64. The topological polar surface area (TPSA) is 67.7 Å². The van der Waals surface area contributed by atoms with Crippen LogP contribution in [0.2, 0.25) is 0 Å². The lowest BCUT2D eigenvalue weighted by molar-refractivity contribution is 0.129. The second kappa shape index (κ2) is 6.52. The maximum Gasteiger partial charge on any atom is 0.231 e. The predicted molar refractivity (Wildman–Crippen MR) is 94.3 cm³/mol. The van der Waals surface area contributed by atoms with E-state index >= 15 is 0 Å². The summed E-state index contributed by atoms with van der Waals surface area (Å²) < 4.78 is 10.8. The molecule has 0 radical (unpaired) electrons. The standard InChI is InChI=1S/C19H23N3O3/c1-3-13-9-20-12(2)21-19(13)22-7-6-15(16(23)10-22)14-4-5-17-18(8-14)25-11-24-17/h4-5,8-9,15-16,23H,3,6-7,10-11H2,1-2H3/t15-,16+/m0/s1. The summed E-state index contributed by atoms with van der Waals surface area (Å²) in [6.45, 7) is 5.71. The number of benzene rings is 1. The Morgan fingerprint density at radius 1 is 1.28 bits per heavy atom. The summed E-state index contributed by atoms with van der Waals surface area (Å²) in [5, 5.41) is 10.8. The third kappa shape index (κ3) is 3.02. The van der Waals surface area contributed by atoms with Gasteiger partial charge in [0.2, 0.25) is 6.79 Å². The van der Waals surface area contributed by atoms with Crippen LogP contribution in [0.25, 0.3) is 0 Å². The van der Waals surface area contributed by atoms with Crippen LogP contribution in [0.5, 0.6) is 11.5 Å². The Kier molecular flexibility index (Phi) is 4.21. The molecule has 0 unspecified atom stereocenters. The number of piperidine rings is 1. The first-order valence-electron chi connectivity index (χ1n) is 8.80. The summed E-state index contributed by atoms with van der Waals surface area (Å²) in [6, 6.07) is 5.96. The molecule has 2 atom stereocenters. The van der Waals surface area contributed by atoms with Crippen LogP contribution in [0, 0.1) is 6.92 Å². The van der Waals surface area contributed by atoms with Crippen LogP contribution in [0.1, 0.15) is 36.2 Å². The fraction of sp³-hybridized carbons (Fsp3) is 0.474. The van der Waals surface area contributed by atoms with E-state index in [2.05, 4.69) is 21.8 Å². The molecule has 0 aliphatic carbocycles. The van der Waals surface area contributed by atoms with E-state index in [0.717, 1.165) is 53.7 Å². The van der Waals surface area contributed by atoms with E-state index in [0.29, 0.717) is 6.54 Å². The zero-order valence-corrected chi connectivity index (χ0v) is 14.6. The van der Waals surface area contributed by atoms with Gasteiger partial charge < -0.3 is 19.5 Å². The number of β-amino-alcohol motifs (C(OH)–C–C–N with tert-alkyl or cyclic N) is 1. The molecule has 1 aromatic heterocycles. The van der Waals surface area contributed by atoms with Crippen LogP contribution in [-0.2, 0) is 6.42 Å². The molecule has 1 N–H and O–H groups in total. The molecule has 2 aromatic rings. The van der Waals surface area contributed by atoms with E-state index < -0.39 is 6.10 Å².